The van der Waals surface area contributed by atoms with Gasteiger partial charge in [0.05, 0.1) is 13.1 Å². The number of piperazine rings is 1. The Morgan fingerprint density at radius 1 is 0.964 bits per heavy atom. The first-order chi connectivity index (χ1) is 13.5. The van der Waals surface area contributed by atoms with Gasteiger partial charge >= 0.3 is 0 Å². The van der Waals surface area contributed by atoms with Crippen LogP contribution in [0.3, 0.4) is 0 Å². The smallest absolute Gasteiger partial charge is 0.0536 e. The molecule has 0 amide bonds. The Hall–Kier alpha value is -2.46. The molecule has 0 unspecified atom stereocenters. The van der Waals surface area contributed by atoms with Crippen molar-refractivity contribution in [3.8, 4) is 0 Å². The lowest BCUT2D eigenvalue weighted by Gasteiger charge is -2.34. The highest BCUT2D eigenvalue weighted by Crippen LogP contribution is 2.46. The summed E-state index contributed by atoms with van der Waals surface area (Å²) >= 11 is 5.99. The van der Waals surface area contributed by atoms with E-state index < -0.39 is 0 Å². The van der Waals surface area contributed by atoms with E-state index >= 15 is 0 Å². The van der Waals surface area contributed by atoms with E-state index in [-0.39, 0.29) is 5.41 Å². The third-order valence-electron chi connectivity index (χ3n) is 5.85. The zero-order chi connectivity index (χ0) is 19.7. The first-order valence-electron chi connectivity index (χ1n) is 9.80. The van der Waals surface area contributed by atoms with Crippen LogP contribution >= 0.6 is 11.6 Å². The molecule has 2 aliphatic rings. The van der Waals surface area contributed by atoms with Crippen LogP contribution in [0.25, 0.3) is 0 Å². The van der Waals surface area contributed by atoms with Gasteiger partial charge in [0.15, 0.2) is 0 Å². The highest BCUT2D eigenvalue weighted by molar-refractivity contribution is 6.30. The Morgan fingerprint density at radius 3 is 2.32 bits per heavy atom. The summed E-state index contributed by atoms with van der Waals surface area (Å²) in [6, 6.07) is 16.7. The molecule has 0 atom stereocenters. The maximum absolute atomic E-state index is 5.99. The summed E-state index contributed by atoms with van der Waals surface area (Å²) in [6.45, 7) is 8.32. The number of hydrazone groups is 1. The van der Waals surface area contributed by atoms with Gasteiger partial charge in [-0.1, -0.05) is 43.6 Å². The molecule has 2 aromatic rings. The third-order valence-corrected chi connectivity index (χ3v) is 6.10. The molecule has 1 saturated heterocycles. The minimum atomic E-state index is -0.00928. The first kappa shape index (κ1) is 18.9. The number of hydrogen-bond acceptors (Lipinski definition) is 4. The largest absolute Gasteiger partial charge is 0.368 e. The van der Waals surface area contributed by atoms with Gasteiger partial charge in [-0.2, -0.15) is 5.10 Å². The van der Waals surface area contributed by atoms with E-state index in [0.29, 0.717) is 0 Å². The number of halogens is 1. The second-order valence-electron chi connectivity index (χ2n) is 7.93. The predicted octanol–water partition coefficient (Wildman–Crippen LogP) is 4.76. The van der Waals surface area contributed by atoms with Crippen LogP contribution in [0, 0.1) is 0 Å². The molecule has 2 heterocycles. The minimum absolute atomic E-state index is 0.00928. The fourth-order valence-electron chi connectivity index (χ4n) is 4.22. The molecule has 0 aliphatic carbocycles. The second kappa shape index (κ2) is 7.51. The SMILES string of the molecule is CN1/C(=C/C=NN2CCN(c3ccc(Cl)cc3)CC2)C(C)(C)c2ccccc21. The van der Waals surface area contributed by atoms with E-state index in [1.54, 1.807) is 0 Å². The molecule has 0 aromatic heterocycles. The van der Waals surface area contributed by atoms with Gasteiger partial charge in [0.2, 0.25) is 0 Å². The molecule has 2 aromatic carbocycles. The van der Waals surface area contributed by atoms with Crippen molar-refractivity contribution in [3.63, 3.8) is 0 Å². The number of likely N-dealkylation sites (N-methyl/N-ethyl adjacent to an activating group) is 1. The summed E-state index contributed by atoms with van der Waals surface area (Å²) in [5.41, 5.74) is 5.14. The van der Waals surface area contributed by atoms with E-state index in [0.717, 1.165) is 31.2 Å². The fraction of sp³-hybridized carbons (Fsp3) is 0.348. The van der Waals surface area contributed by atoms with E-state index in [9.17, 15) is 0 Å². The van der Waals surface area contributed by atoms with Crippen molar-refractivity contribution in [2.45, 2.75) is 19.3 Å². The first-order valence-corrected chi connectivity index (χ1v) is 10.2. The second-order valence-corrected chi connectivity index (χ2v) is 8.37. The van der Waals surface area contributed by atoms with Gasteiger partial charge < -0.3 is 9.80 Å². The number of allylic oxidation sites excluding steroid dienone is 2. The summed E-state index contributed by atoms with van der Waals surface area (Å²) in [4.78, 5) is 4.66. The molecule has 0 spiro atoms. The number of fused-ring (bicyclic) bond motifs is 1. The monoisotopic (exact) mass is 394 g/mol. The van der Waals surface area contributed by atoms with E-state index in [4.69, 9.17) is 16.7 Å². The molecule has 2 aliphatic heterocycles. The highest BCUT2D eigenvalue weighted by atomic mass is 35.5. The van der Waals surface area contributed by atoms with Crippen LogP contribution in [-0.4, -0.2) is 44.5 Å². The Bertz CT molecular complexity index is 893. The summed E-state index contributed by atoms with van der Waals surface area (Å²) < 4.78 is 0. The normalized spacial score (nSPS) is 20.3. The summed E-state index contributed by atoms with van der Waals surface area (Å²) in [5, 5.41) is 7.64. The zero-order valence-electron chi connectivity index (χ0n) is 16.8. The van der Waals surface area contributed by atoms with Crippen LogP contribution in [-0.2, 0) is 5.41 Å². The maximum Gasteiger partial charge on any atom is 0.0536 e. The number of rotatable bonds is 3. The van der Waals surface area contributed by atoms with Gasteiger partial charge in [-0.3, -0.25) is 5.01 Å². The molecule has 0 saturated carbocycles. The lowest BCUT2D eigenvalue weighted by atomic mass is 9.84. The fourth-order valence-corrected chi connectivity index (χ4v) is 4.35. The van der Waals surface area contributed by atoms with Gasteiger partial charge in [-0.05, 0) is 42.0 Å². The Balaban J connectivity index is 1.40. The lowest BCUT2D eigenvalue weighted by molar-refractivity contribution is 0.272. The average molecular weight is 395 g/mol. The van der Waals surface area contributed by atoms with E-state index in [1.165, 1.54) is 22.6 Å². The summed E-state index contributed by atoms with van der Waals surface area (Å²) in [6.07, 6.45) is 4.11. The number of para-hydroxylation sites is 1. The highest BCUT2D eigenvalue weighted by Gasteiger charge is 2.37. The Morgan fingerprint density at radius 2 is 1.64 bits per heavy atom. The van der Waals surface area contributed by atoms with Crippen LogP contribution in [0.2, 0.25) is 5.02 Å². The van der Waals surface area contributed by atoms with Crippen molar-refractivity contribution < 1.29 is 0 Å². The lowest BCUT2D eigenvalue weighted by Crippen LogP contribution is -2.44. The van der Waals surface area contributed by atoms with Crippen molar-refractivity contribution in [2.24, 2.45) is 5.10 Å². The topological polar surface area (TPSA) is 22.1 Å². The molecule has 0 N–H and O–H groups in total. The van der Waals surface area contributed by atoms with Crippen LogP contribution in [0.1, 0.15) is 19.4 Å². The van der Waals surface area contributed by atoms with Crippen molar-refractivity contribution in [1.82, 2.24) is 5.01 Å². The van der Waals surface area contributed by atoms with Crippen molar-refractivity contribution in [1.29, 1.82) is 0 Å². The molecular formula is C23H27ClN4. The van der Waals surface area contributed by atoms with E-state index in [2.05, 4.69) is 78.2 Å². The average Bonchev–Trinajstić information content (AvgIpc) is 2.90. The van der Waals surface area contributed by atoms with Gasteiger partial charge in [0.1, 0.15) is 0 Å². The van der Waals surface area contributed by atoms with Crippen LogP contribution in [0.5, 0.6) is 0 Å². The van der Waals surface area contributed by atoms with Gasteiger partial charge in [0, 0.05) is 53.9 Å². The molecule has 28 heavy (non-hydrogen) atoms. The molecule has 0 radical (unpaired) electrons. The van der Waals surface area contributed by atoms with Gasteiger partial charge in [0.25, 0.3) is 0 Å². The molecule has 5 heteroatoms. The summed E-state index contributed by atoms with van der Waals surface area (Å²) in [5.74, 6) is 0. The van der Waals surface area contributed by atoms with Crippen molar-refractivity contribution >= 4 is 29.2 Å². The van der Waals surface area contributed by atoms with Crippen molar-refractivity contribution in [2.75, 3.05) is 43.0 Å². The standard InChI is InChI=1S/C23H27ClN4/c1-23(2)20-6-4-5-7-21(20)26(3)22(23)12-13-25-28-16-14-27(15-17-28)19-10-8-18(24)9-11-19/h4-13H,14-17H2,1-3H3/b22-12+,25-13?. The number of anilines is 2. The molecule has 4 rings (SSSR count). The van der Waals surface area contributed by atoms with E-state index in [1.807, 2.05) is 18.3 Å². The quantitative estimate of drug-likeness (QED) is 0.701. The molecule has 4 nitrogen and oxygen atoms in total. The van der Waals surface area contributed by atoms with Crippen LogP contribution in [0.15, 0.2) is 65.4 Å². The van der Waals surface area contributed by atoms with Gasteiger partial charge in [-0.15, -0.1) is 0 Å². The third kappa shape index (κ3) is 3.49. The number of hydrogen-bond donors (Lipinski definition) is 0. The van der Waals surface area contributed by atoms with Crippen LogP contribution < -0.4 is 9.80 Å². The molecule has 1 fully saturated rings. The number of nitrogens with zero attached hydrogens (tertiary/aromatic N) is 4. The number of benzene rings is 2. The van der Waals surface area contributed by atoms with Crippen LogP contribution in [0.4, 0.5) is 11.4 Å². The molecule has 0 bridgehead atoms. The molecular weight excluding hydrogens is 368 g/mol. The predicted molar refractivity (Wildman–Crippen MR) is 120 cm³/mol. The maximum atomic E-state index is 5.99. The minimum Gasteiger partial charge on any atom is -0.368 e. The molecule has 146 valence electrons. The summed E-state index contributed by atoms with van der Waals surface area (Å²) in [7, 11) is 2.14. The van der Waals surface area contributed by atoms with Gasteiger partial charge in [-0.25, -0.2) is 0 Å². The van der Waals surface area contributed by atoms with Crippen molar-refractivity contribution in [3.05, 3.63) is 70.9 Å². The zero-order valence-corrected chi connectivity index (χ0v) is 17.5. The Labute approximate surface area is 172 Å². The Kier molecular flexibility index (Phi) is 5.07.